The quantitative estimate of drug-likeness (QED) is 0.0703. The Kier molecular flexibility index (Phi) is 25.2. The van der Waals surface area contributed by atoms with E-state index < -0.39 is 5.97 Å². The fourth-order valence-electron chi connectivity index (χ4n) is 3.36. The molecule has 0 aromatic carbocycles. The van der Waals surface area contributed by atoms with E-state index in [1.807, 2.05) is 66.7 Å². The molecule has 0 saturated carbocycles. The van der Waals surface area contributed by atoms with Gasteiger partial charge in [0.1, 0.15) is 34.5 Å². The van der Waals surface area contributed by atoms with Crippen molar-refractivity contribution in [3.8, 4) is 29.1 Å². The van der Waals surface area contributed by atoms with Gasteiger partial charge in [-0.05, 0) is 60.7 Å². The molecule has 55 heavy (non-hydrogen) atoms. The Bertz CT molecular complexity index is 1920. The van der Waals surface area contributed by atoms with E-state index in [1.54, 1.807) is 61.3 Å². The third-order valence-corrected chi connectivity index (χ3v) is 5.41. The summed E-state index contributed by atoms with van der Waals surface area (Å²) >= 11 is 0. The Morgan fingerprint density at radius 3 is 1.18 bits per heavy atom. The number of carboxylic acids is 1. The van der Waals surface area contributed by atoms with Crippen LogP contribution < -0.4 is 40.4 Å². The number of rotatable bonds is 4. The summed E-state index contributed by atoms with van der Waals surface area (Å²) < 4.78 is 0. The smallest absolute Gasteiger partial charge is 0.481 e. The van der Waals surface area contributed by atoms with E-state index >= 15 is 0 Å². The number of hydrogen-bond acceptors (Lipinski definition) is 20. The molecule has 0 aliphatic carbocycles. The van der Waals surface area contributed by atoms with Gasteiger partial charge in [0, 0.05) is 39.3 Å². The van der Waals surface area contributed by atoms with Gasteiger partial charge in [-0.1, -0.05) is 30.3 Å². The van der Waals surface area contributed by atoms with Gasteiger partial charge in [0.2, 0.25) is 11.6 Å². The number of nitrogens with zero attached hydrogens (tertiary/aromatic N) is 13. The number of carboxylic acid groups (broad SMARTS) is 1. The van der Waals surface area contributed by atoms with Gasteiger partial charge in [0.25, 0.3) is 5.97 Å². The number of aliphatic carboxylic acids is 1. The van der Waals surface area contributed by atoms with Crippen LogP contribution in [-0.2, 0) is 4.79 Å². The van der Waals surface area contributed by atoms with E-state index in [-0.39, 0.29) is 36.5 Å². The molecule has 7 rings (SSSR count). The summed E-state index contributed by atoms with van der Waals surface area (Å²) in [5.74, 6) is 1.12. The zero-order valence-corrected chi connectivity index (χ0v) is 31.0. The first-order valence-corrected chi connectivity index (χ1v) is 14.6. The molecule has 23 heteroatoms. The number of carbonyl (C=O) groups is 1. The molecule has 7 heterocycles. The van der Waals surface area contributed by atoms with Crippen LogP contribution in [0.15, 0.2) is 138 Å². The fraction of sp³-hybridized carbons (Fsp3) is 0.0312. The van der Waals surface area contributed by atoms with Gasteiger partial charge >= 0.3 is 29.6 Å². The van der Waals surface area contributed by atoms with Crippen LogP contribution in [-0.4, -0.2) is 73.5 Å². The molecular weight excluding hydrogens is 725 g/mol. The van der Waals surface area contributed by atoms with E-state index in [0.29, 0.717) is 40.4 Å². The zero-order chi connectivity index (χ0) is 38.5. The third kappa shape index (κ3) is 18.6. The van der Waals surface area contributed by atoms with Crippen LogP contribution >= 0.6 is 0 Å². The number of nitrogens with one attached hydrogen (secondary N) is 4. The molecule has 22 nitrogen and oxygen atoms in total. The molecule has 0 amide bonds. The summed E-state index contributed by atoms with van der Waals surface area (Å²) in [4.78, 5) is 37.4. The predicted molar refractivity (Wildman–Crippen MR) is 194 cm³/mol. The van der Waals surface area contributed by atoms with Crippen molar-refractivity contribution < 1.29 is 46.4 Å². The Hall–Kier alpha value is -7.45. The van der Waals surface area contributed by atoms with E-state index in [1.165, 1.54) is 0 Å². The molecule has 0 atom stereocenters. The van der Waals surface area contributed by atoms with Crippen LogP contribution in [0.25, 0.3) is 23.0 Å². The van der Waals surface area contributed by atoms with Crippen LogP contribution in [0.5, 0.6) is 0 Å². The molecule has 276 valence electrons. The van der Waals surface area contributed by atoms with Crippen LogP contribution in [0.1, 0.15) is 25.4 Å². The molecule has 0 bridgehead atoms. The molecule has 0 unspecified atom stereocenters. The fourth-order valence-corrected chi connectivity index (χ4v) is 3.36. The third-order valence-electron chi connectivity index (χ3n) is 5.41. The van der Waals surface area contributed by atoms with Gasteiger partial charge < -0.3 is 20.7 Å². The summed E-state index contributed by atoms with van der Waals surface area (Å²) in [6.45, 7) is 1.08. The molecule has 7 N–H and O–H groups in total. The zero-order valence-electron chi connectivity index (χ0n) is 29.0. The minimum absolute atomic E-state index is 0. The van der Waals surface area contributed by atoms with Crippen molar-refractivity contribution in [3.63, 3.8) is 0 Å². The monoisotopic (exact) mass is 757 g/mol. The van der Waals surface area contributed by atoms with E-state index in [4.69, 9.17) is 36.3 Å². The standard InChI is InChI=1S/C12H10N6.C12H8N6.C6H4N2.C2H4O2.H2N2.HNO2.Na.H2O.H2/c2*1-3-7-13-9(5-1)11-15-17-12(18-16-11)10-6-2-4-8-14-10;7-5-6-3-1-2-4-8-6;1-2(3)4;1-2;2-1-3;;;/h1-8H,(H,15,16)(H,17,18);1-8H;1-4H;1H3,(H,3,4);1-2H;(H,2,3);;1H2;1H/q;;;;;;+1;;/p-1. The van der Waals surface area contributed by atoms with Crippen molar-refractivity contribution in [2.24, 2.45) is 15.5 Å². The summed E-state index contributed by atoms with van der Waals surface area (Å²) in [5.41, 5.74) is 18.9. The Balaban J connectivity index is 0. The average Bonchev–Trinajstić information content (AvgIpc) is 3.24. The number of pyridine rings is 5. The van der Waals surface area contributed by atoms with E-state index in [0.717, 1.165) is 23.7 Å². The average molecular weight is 758 g/mol. The molecular formula is C32H32N17NaO5. The van der Waals surface area contributed by atoms with Crippen LogP contribution in [0.4, 0.5) is 0 Å². The van der Waals surface area contributed by atoms with Crippen molar-refractivity contribution in [2.45, 2.75) is 6.92 Å². The second kappa shape index (κ2) is 29.2. The van der Waals surface area contributed by atoms with Crippen molar-refractivity contribution in [2.75, 3.05) is 0 Å². The maximum atomic E-state index is 9.00. The summed E-state index contributed by atoms with van der Waals surface area (Å²) in [6.07, 6.45) is 8.35. The SMILES string of the molecule is CC(=O)O.N#Cc1ccccn1.N=N.O.O=N[O-].[HH].[Na+].c1ccc(-c2nnc(-c3ccccn3)nn2)nc1.c1ccc(C2=NNC(c3ccccn3)=NN2)nc1. The van der Waals surface area contributed by atoms with Crippen LogP contribution in [0, 0.1) is 32.5 Å². The van der Waals surface area contributed by atoms with Crippen LogP contribution in [0.2, 0.25) is 0 Å². The molecule has 0 spiro atoms. The topological polar surface area (TPSA) is 358 Å². The maximum absolute atomic E-state index is 9.00. The predicted octanol–water partition coefficient (Wildman–Crippen LogP) is 0.400. The van der Waals surface area contributed by atoms with Gasteiger partial charge in [0.15, 0.2) is 11.7 Å². The van der Waals surface area contributed by atoms with Gasteiger partial charge in [-0.15, -0.1) is 25.7 Å². The summed E-state index contributed by atoms with van der Waals surface area (Å²) in [7, 11) is 0. The number of amidine groups is 2. The summed E-state index contributed by atoms with van der Waals surface area (Å²) in [6, 6.07) is 29.3. The van der Waals surface area contributed by atoms with Gasteiger partial charge in [-0.2, -0.15) is 15.5 Å². The molecule has 0 saturated heterocycles. The summed E-state index contributed by atoms with van der Waals surface area (Å²) in [5, 5.41) is 49.0. The largest absolute Gasteiger partial charge is 1.00 e. The minimum atomic E-state index is -0.833. The van der Waals surface area contributed by atoms with E-state index in [9.17, 15) is 0 Å². The van der Waals surface area contributed by atoms with Crippen molar-refractivity contribution in [3.05, 3.63) is 149 Å². The van der Waals surface area contributed by atoms with Crippen molar-refractivity contribution in [1.29, 1.82) is 16.3 Å². The van der Waals surface area contributed by atoms with Gasteiger partial charge in [-0.3, -0.25) is 35.6 Å². The minimum Gasteiger partial charge on any atom is -0.481 e. The van der Waals surface area contributed by atoms with Gasteiger partial charge in [0.05, 0.1) is 0 Å². The van der Waals surface area contributed by atoms with Crippen molar-refractivity contribution >= 4 is 17.6 Å². The molecule has 6 aromatic rings. The molecule has 0 radical (unpaired) electrons. The first kappa shape index (κ1) is 47.5. The van der Waals surface area contributed by atoms with Crippen LogP contribution in [0.3, 0.4) is 0 Å². The Morgan fingerprint density at radius 1 is 0.673 bits per heavy atom. The molecule has 0 fully saturated rings. The Morgan fingerprint density at radius 2 is 0.964 bits per heavy atom. The van der Waals surface area contributed by atoms with Gasteiger partial charge in [-0.25, -0.2) is 16.0 Å². The Labute approximate surface area is 336 Å². The molecule has 6 aromatic heterocycles. The maximum Gasteiger partial charge on any atom is 1.00 e. The number of nitriles is 1. The van der Waals surface area contributed by atoms with E-state index in [2.05, 4.69) is 66.4 Å². The second-order valence-electron chi connectivity index (χ2n) is 8.97. The second-order valence-corrected chi connectivity index (χ2v) is 8.97. The number of hydrazone groups is 2. The molecule has 1 aliphatic heterocycles. The first-order chi connectivity index (χ1) is 25.9. The first-order valence-electron chi connectivity index (χ1n) is 14.6. The molecule has 1 aliphatic rings. The number of hydrogen-bond donors (Lipinski definition) is 5. The normalized spacial score (nSPS) is 9.82. The number of aromatic nitrogens is 9. The van der Waals surface area contributed by atoms with Crippen molar-refractivity contribution in [1.82, 2.24) is 56.2 Å².